The minimum absolute atomic E-state index is 0.213. The molecule has 4 heteroatoms. The van der Waals surface area contributed by atoms with Gasteiger partial charge in [0, 0.05) is 5.56 Å². The van der Waals surface area contributed by atoms with Gasteiger partial charge in [-0.1, -0.05) is 66.7 Å². The van der Waals surface area contributed by atoms with Crippen molar-refractivity contribution in [3.8, 4) is 0 Å². The predicted octanol–water partition coefficient (Wildman–Crippen LogP) is 3.13. The zero-order chi connectivity index (χ0) is 17.0. The van der Waals surface area contributed by atoms with Crippen LogP contribution in [0.2, 0.25) is 0 Å². The Kier molecular flexibility index (Phi) is 4.69. The average molecular weight is 322 g/mol. The van der Waals surface area contributed by atoms with Gasteiger partial charge in [-0.25, -0.2) is 0 Å². The summed E-state index contributed by atoms with van der Waals surface area (Å²) in [6.07, 6.45) is 1.19. The molecule has 0 spiro atoms. The average Bonchev–Trinajstić information content (AvgIpc) is 2.64. The summed E-state index contributed by atoms with van der Waals surface area (Å²) >= 11 is 0. The standard InChI is InChI=1S/C20H18O4/c1-20(17-10-6-3-7-11-17)23-14-16(19(24-20)18(22)13-21)12-15-8-4-2-5-9-15/h2-13,19H,14H2,1H3. The van der Waals surface area contributed by atoms with Gasteiger partial charge in [-0.05, 0) is 18.1 Å². The van der Waals surface area contributed by atoms with E-state index in [1.54, 1.807) is 6.92 Å². The van der Waals surface area contributed by atoms with Crippen molar-refractivity contribution in [1.29, 1.82) is 0 Å². The Labute approximate surface area is 140 Å². The molecule has 2 aromatic carbocycles. The van der Waals surface area contributed by atoms with Gasteiger partial charge in [-0.3, -0.25) is 9.59 Å². The quantitative estimate of drug-likeness (QED) is 0.641. The van der Waals surface area contributed by atoms with Crippen molar-refractivity contribution in [1.82, 2.24) is 0 Å². The second kappa shape index (κ2) is 6.91. The summed E-state index contributed by atoms with van der Waals surface area (Å²) in [6, 6.07) is 18.9. The largest absolute Gasteiger partial charge is 0.342 e. The van der Waals surface area contributed by atoms with E-state index < -0.39 is 17.7 Å². The molecule has 1 aliphatic rings. The molecule has 3 rings (SSSR count). The van der Waals surface area contributed by atoms with Crippen LogP contribution in [0.25, 0.3) is 6.08 Å². The summed E-state index contributed by atoms with van der Waals surface area (Å²) in [5, 5.41) is 0. The highest BCUT2D eigenvalue weighted by atomic mass is 16.7. The molecule has 4 nitrogen and oxygen atoms in total. The second-order valence-electron chi connectivity index (χ2n) is 5.75. The molecular weight excluding hydrogens is 304 g/mol. The number of hydrogen-bond donors (Lipinski definition) is 0. The fourth-order valence-electron chi connectivity index (χ4n) is 2.71. The van der Waals surface area contributed by atoms with E-state index in [4.69, 9.17) is 9.47 Å². The van der Waals surface area contributed by atoms with Crippen LogP contribution >= 0.6 is 0 Å². The first-order valence-corrected chi connectivity index (χ1v) is 7.74. The van der Waals surface area contributed by atoms with Crippen molar-refractivity contribution in [3.63, 3.8) is 0 Å². The van der Waals surface area contributed by atoms with Crippen LogP contribution in [0.3, 0.4) is 0 Å². The summed E-state index contributed by atoms with van der Waals surface area (Å²) in [5.74, 6) is -1.68. The van der Waals surface area contributed by atoms with E-state index in [9.17, 15) is 9.59 Å². The predicted molar refractivity (Wildman–Crippen MR) is 90.1 cm³/mol. The van der Waals surface area contributed by atoms with E-state index in [2.05, 4.69) is 0 Å². The number of hydrogen-bond acceptors (Lipinski definition) is 4. The molecule has 1 heterocycles. The molecule has 0 aromatic heterocycles. The fourth-order valence-corrected chi connectivity index (χ4v) is 2.71. The molecule has 0 bridgehead atoms. The molecule has 0 aliphatic carbocycles. The highest BCUT2D eigenvalue weighted by Crippen LogP contribution is 2.35. The first kappa shape index (κ1) is 16.3. The molecule has 122 valence electrons. The molecule has 24 heavy (non-hydrogen) atoms. The monoisotopic (exact) mass is 322 g/mol. The maximum absolute atomic E-state index is 12.1. The summed E-state index contributed by atoms with van der Waals surface area (Å²) < 4.78 is 11.8. The molecule has 0 saturated carbocycles. The van der Waals surface area contributed by atoms with E-state index in [1.807, 2.05) is 66.7 Å². The first-order valence-electron chi connectivity index (χ1n) is 7.74. The number of benzene rings is 2. The number of carbonyl (C=O) groups is 2. The van der Waals surface area contributed by atoms with Gasteiger partial charge < -0.3 is 9.47 Å². The van der Waals surface area contributed by atoms with Crippen molar-refractivity contribution >= 4 is 18.1 Å². The molecule has 2 aromatic rings. The SMILES string of the molecule is CC1(c2ccccc2)OCC(=Cc2ccccc2)C(C(=O)C=O)O1. The lowest BCUT2D eigenvalue weighted by Gasteiger charge is -2.39. The molecule has 1 fully saturated rings. The van der Waals surface area contributed by atoms with E-state index >= 15 is 0 Å². The zero-order valence-corrected chi connectivity index (χ0v) is 13.3. The van der Waals surface area contributed by atoms with Gasteiger partial charge in [0.25, 0.3) is 0 Å². The summed E-state index contributed by atoms with van der Waals surface area (Å²) in [6.45, 7) is 1.97. The number of carbonyl (C=O) groups excluding carboxylic acids is 2. The van der Waals surface area contributed by atoms with E-state index in [0.717, 1.165) is 11.1 Å². The minimum atomic E-state index is -1.07. The second-order valence-corrected chi connectivity index (χ2v) is 5.75. The van der Waals surface area contributed by atoms with Gasteiger partial charge in [0.05, 0.1) is 6.61 Å². The van der Waals surface area contributed by atoms with E-state index in [1.165, 1.54) is 0 Å². The first-order chi connectivity index (χ1) is 11.6. The van der Waals surface area contributed by atoms with Crippen LogP contribution in [0.15, 0.2) is 66.2 Å². The van der Waals surface area contributed by atoms with Crippen LogP contribution in [-0.4, -0.2) is 24.8 Å². The van der Waals surface area contributed by atoms with Crippen LogP contribution in [0.5, 0.6) is 0 Å². The van der Waals surface area contributed by atoms with E-state index in [0.29, 0.717) is 11.9 Å². The van der Waals surface area contributed by atoms with Gasteiger partial charge in [0.15, 0.2) is 18.2 Å². The Balaban J connectivity index is 1.93. The Morgan fingerprint density at radius 1 is 1.08 bits per heavy atom. The smallest absolute Gasteiger partial charge is 0.228 e. The van der Waals surface area contributed by atoms with Gasteiger partial charge in [-0.15, -0.1) is 0 Å². The molecule has 1 aliphatic heterocycles. The lowest BCUT2D eigenvalue weighted by atomic mass is 9.99. The van der Waals surface area contributed by atoms with E-state index in [-0.39, 0.29) is 6.61 Å². The fraction of sp³-hybridized carbons (Fsp3) is 0.200. The highest BCUT2D eigenvalue weighted by Gasteiger charge is 2.41. The summed E-state index contributed by atoms with van der Waals surface area (Å²) in [4.78, 5) is 23.1. The third kappa shape index (κ3) is 3.35. The molecule has 1 saturated heterocycles. The van der Waals surface area contributed by atoms with Crippen molar-refractivity contribution in [2.45, 2.75) is 18.8 Å². The molecule has 0 amide bonds. The molecule has 0 N–H and O–H groups in total. The number of ether oxygens (including phenoxy) is 2. The van der Waals surface area contributed by atoms with Crippen LogP contribution < -0.4 is 0 Å². The van der Waals surface area contributed by atoms with Crippen LogP contribution in [0.4, 0.5) is 0 Å². The normalized spacial score (nSPS) is 25.4. The Morgan fingerprint density at radius 3 is 2.33 bits per heavy atom. The number of ketones is 1. The Morgan fingerprint density at radius 2 is 1.71 bits per heavy atom. The van der Waals surface area contributed by atoms with Crippen molar-refractivity contribution in [2.75, 3.05) is 6.61 Å². The highest BCUT2D eigenvalue weighted by molar-refractivity contribution is 6.28. The summed E-state index contributed by atoms with van der Waals surface area (Å²) in [5.41, 5.74) is 2.35. The number of Topliss-reactive ketones (excluding diaryl/α,β-unsaturated/α-hetero) is 1. The molecule has 2 unspecified atom stereocenters. The van der Waals surface area contributed by atoms with Gasteiger partial charge in [0.1, 0.15) is 0 Å². The van der Waals surface area contributed by atoms with Crippen LogP contribution in [0, 0.1) is 0 Å². The van der Waals surface area contributed by atoms with Crippen LogP contribution in [-0.2, 0) is 24.8 Å². The maximum Gasteiger partial charge on any atom is 0.228 e. The third-order valence-corrected chi connectivity index (χ3v) is 4.02. The topological polar surface area (TPSA) is 52.6 Å². The van der Waals surface area contributed by atoms with Gasteiger partial charge in [-0.2, -0.15) is 0 Å². The van der Waals surface area contributed by atoms with Gasteiger partial charge >= 0.3 is 0 Å². The minimum Gasteiger partial charge on any atom is -0.342 e. The lowest BCUT2D eigenvalue weighted by Crippen LogP contribution is -2.45. The Hall–Kier alpha value is -2.56. The van der Waals surface area contributed by atoms with Crippen LogP contribution in [0.1, 0.15) is 18.1 Å². The zero-order valence-electron chi connectivity index (χ0n) is 13.3. The Bertz CT molecular complexity index is 752. The molecule has 2 atom stereocenters. The lowest BCUT2D eigenvalue weighted by molar-refractivity contribution is -0.266. The van der Waals surface area contributed by atoms with Crippen molar-refractivity contribution in [2.24, 2.45) is 0 Å². The number of aldehydes is 1. The molecule has 0 radical (unpaired) electrons. The third-order valence-electron chi connectivity index (χ3n) is 4.02. The van der Waals surface area contributed by atoms with Crippen molar-refractivity contribution in [3.05, 3.63) is 77.4 Å². The summed E-state index contributed by atoms with van der Waals surface area (Å²) in [7, 11) is 0. The van der Waals surface area contributed by atoms with Crippen molar-refractivity contribution < 1.29 is 19.1 Å². The molecular formula is C20H18O4. The maximum atomic E-state index is 12.1. The number of rotatable bonds is 4. The van der Waals surface area contributed by atoms with Gasteiger partial charge in [0.2, 0.25) is 5.78 Å².